The summed E-state index contributed by atoms with van der Waals surface area (Å²) in [4.78, 5) is 4.19. The highest BCUT2D eigenvalue weighted by Crippen LogP contribution is 2.33. The lowest BCUT2D eigenvalue weighted by atomic mass is 9.97. The fourth-order valence-electron chi connectivity index (χ4n) is 2.39. The zero-order valence-corrected chi connectivity index (χ0v) is 14.1. The molecule has 0 aliphatic carbocycles. The summed E-state index contributed by atoms with van der Waals surface area (Å²) in [6, 6.07) is 11.3. The van der Waals surface area contributed by atoms with E-state index in [0.717, 1.165) is 22.4 Å². The predicted octanol–water partition coefficient (Wildman–Crippen LogP) is 3.67. The second kappa shape index (κ2) is 6.03. The van der Waals surface area contributed by atoms with Gasteiger partial charge in [0.15, 0.2) is 11.0 Å². The molecule has 7 heteroatoms. The minimum atomic E-state index is 0.420. The first-order valence-corrected chi connectivity index (χ1v) is 7.59. The molecule has 114 valence electrons. The molecule has 0 unspecified atom stereocenters. The summed E-state index contributed by atoms with van der Waals surface area (Å²) in [7, 11) is 1.82. The van der Waals surface area contributed by atoms with E-state index in [9.17, 15) is 5.26 Å². The summed E-state index contributed by atoms with van der Waals surface area (Å²) in [6.45, 7) is 1.88. The molecule has 5 nitrogen and oxygen atoms in total. The number of thiol groups is 1. The fourth-order valence-corrected chi connectivity index (χ4v) is 2.78. The van der Waals surface area contributed by atoms with Crippen LogP contribution in [-0.2, 0) is 7.05 Å². The van der Waals surface area contributed by atoms with Gasteiger partial charge in [0.25, 0.3) is 0 Å². The van der Waals surface area contributed by atoms with E-state index in [1.54, 1.807) is 22.8 Å². The molecule has 2 aromatic heterocycles. The van der Waals surface area contributed by atoms with Gasteiger partial charge >= 0.3 is 0 Å². The Morgan fingerprint density at radius 3 is 2.57 bits per heavy atom. The van der Waals surface area contributed by atoms with Gasteiger partial charge in [-0.25, -0.2) is 4.98 Å². The van der Waals surface area contributed by atoms with Crippen molar-refractivity contribution in [1.29, 1.82) is 5.26 Å². The van der Waals surface area contributed by atoms with Crippen LogP contribution < -0.4 is 0 Å². The highest BCUT2D eigenvalue weighted by atomic mass is 35.5. The molecule has 0 aliphatic heterocycles. The topological polar surface area (TPSA) is 67.4 Å². The largest absolute Gasteiger partial charge is 0.305 e. The number of aromatic nitrogens is 4. The Balaban J connectivity index is 2.29. The van der Waals surface area contributed by atoms with Crippen molar-refractivity contribution in [2.45, 2.75) is 12.1 Å². The molecule has 0 spiro atoms. The smallest absolute Gasteiger partial charge is 0.188 e. The number of pyridine rings is 1. The number of halogens is 1. The SMILES string of the molecule is Cc1cc(-c2ccc(C#N)cc2-c2nnc(S)n2C)cc(Cl)n1. The van der Waals surface area contributed by atoms with Crippen molar-refractivity contribution in [3.63, 3.8) is 0 Å². The van der Waals surface area contributed by atoms with Crippen molar-refractivity contribution >= 4 is 24.2 Å². The summed E-state index contributed by atoms with van der Waals surface area (Å²) in [6.07, 6.45) is 0. The van der Waals surface area contributed by atoms with Crippen molar-refractivity contribution in [2.75, 3.05) is 0 Å². The van der Waals surface area contributed by atoms with E-state index in [0.29, 0.717) is 21.7 Å². The zero-order chi connectivity index (χ0) is 16.6. The summed E-state index contributed by atoms with van der Waals surface area (Å²) in [5.41, 5.74) is 3.96. The summed E-state index contributed by atoms with van der Waals surface area (Å²) >= 11 is 10.3. The zero-order valence-electron chi connectivity index (χ0n) is 12.4. The lowest BCUT2D eigenvalue weighted by molar-refractivity contribution is 0.798. The normalized spacial score (nSPS) is 10.6. The Hall–Kier alpha value is -2.36. The molecular weight excluding hydrogens is 330 g/mol. The van der Waals surface area contributed by atoms with E-state index in [1.807, 2.05) is 26.1 Å². The van der Waals surface area contributed by atoms with Crippen molar-refractivity contribution in [1.82, 2.24) is 19.7 Å². The van der Waals surface area contributed by atoms with E-state index >= 15 is 0 Å². The van der Waals surface area contributed by atoms with Gasteiger partial charge in [0, 0.05) is 18.3 Å². The molecular formula is C16H12ClN5S. The molecule has 23 heavy (non-hydrogen) atoms. The summed E-state index contributed by atoms with van der Waals surface area (Å²) in [5.74, 6) is 0.632. The van der Waals surface area contributed by atoms with E-state index in [4.69, 9.17) is 11.6 Å². The first-order chi connectivity index (χ1) is 11.0. The van der Waals surface area contributed by atoms with Crippen LogP contribution in [0.2, 0.25) is 5.15 Å². The van der Waals surface area contributed by atoms with Crippen molar-refractivity contribution < 1.29 is 0 Å². The molecule has 0 bridgehead atoms. The van der Waals surface area contributed by atoms with Gasteiger partial charge in [-0.05, 0) is 42.3 Å². The summed E-state index contributed by atoms with van der Waals surface area (Å²) < 4.78 is 1.76. The molecule has 0 saturated heterocycles. The highest BCUT2D eigenvalue weighted by molar-refractivity contribution is 7.80. The van der Waals surface area contributed by atoms with Gasteiger partial charge in [-0.2, -0.15) is 5.26 Å². The number of hydrogen-bond acceptors (Lipinski definition) is 5. The second-order valence-electron chi connectivity index (χ2n) is 5.07. The van der Waals surface area contributed by atoms with Gasteiger partial charge < -0.3 is 4.57 Å². The van der Waals surface area contributed by atoms with Crippen molar-refractivity contribution in [3.05, 3.63) is 46.7 Å². The third-order valence-electron chi connectivity index (χ3n) is 3.47. The molecule has 0 amide bonds. The second-order valence-corrected chi connectivity index (χ2v) is 5.86. The minimum Gasteiger partial charge on any atom is -0.305 e. The van der Waals surface area contributed by atoms with Gasteiger partial charge in [0.1, 0.15) is 5.15 Å². The van der Waals surface area contributed by atoms with Gasteiger partial charge in [-0.1, -0.05) is 17.7 Å². The molecule has 0 N–H and O–H groups in total. The third kappa shape index (κ3) is 2.93. The maximum atomic E-state index is 9.19. The molecule has 3 rings (SSSR count). The number of hydrogen-bond donors (Lipinski definition) is 1. The van der Waals surface area contributed by atoms with E-state index in [1.165, 1.54) is 0 Å². The Morgan fingerprint density at radius 1 is 1.17 bits per heavy atom. The number of aryl methyl sites for hydroxylation is 1. The molecule has 0 atom stereocenters. The minimum absolute atomic E-state index is 0.420. The monoisotopic (exact) mass is 341 g/mol. The average Bonchev–Trinajstić information content (AvgIpc) is 2.85. The van der Waals surface area contributed by atoms with Crippen LogP contribution in [0.15, 0.2) is 35.5 Å². The molecule has 2 heterocycles. The van der Waals surface area contributed by atoms with Crippen LogP contribution in [0.4, 0.5) is 0 Å². The van der Waals surface area contributed by atoms with Gasteiger partial charge in [0.05, 0.1) is 11.6 Å². The van der Waals surface area contributed by atoms with Crippen LogP contribution in [0.3, 0.4) is 0 Å². The Labute approximate surface area is 144 Å². The van der Waals surface area contributed by atoms with Gasteiger partial charge in [0.2, 0.25) is 0 Å². The number of benzene rings is 1. The van der Waals surface area contributed by atoms with Crippen LogP contribution in [0.25, 0.3) is 22.5 Å². The molecule has 3 aromatic rings. The Bertz CT molecular complexity index is 922. The maximum absolute atomic E-state index is 9.19. The maximum Gasteiger partial charge on any atom is 0.188 e. The third-order valence-corrected chi connectivity index (χ3v) is 4.06. The lowest BCUT2D eigenvalue weighted by Gasteiger charge is -2.11. The Kier molecular flexibility index (Phi) is 4.07. The first kappa shape index (κ1) is 15.5. The fraction of sp³-hybridized carbons (Fsp3) is 0.125. The lowest BCUT2D eigenvalue weighted by Crippen LogP contribution is -1.97. The van der Waals surface area contributed by atoms with Crippen LogP contribution in [-0.4, -0.2) is 19.7 Å². The first-order valence-electron chi connectivity index (χ1n) is 6.77. The van der Waals surface area contributed by atoms with E-state index in [2.05, 4.69) is 33.9 Å². The highest BCUT2D eigenvalue weighted by Gasteiger charge is 2.15. The standard InChI is InChI=1S/C16H12ClN5S/c1-9-5-11(7-14(17)19-9)12-4-3-10(8-18)6-13(12)15-20-21-16(23)22(15)2/h3-7H,1-2H3,(H,21,23). The average molecular weight is 342 g/mol. The molecule has 1 aromatic carbocycles. The van der Waals surface area contributed by atoms with Gasteiger partial charge in [-0.3, -0.25) is 0 Å². The van der Waals surface area contributed by atoms with Crippen LogP contribution in [0, 0.1) is 18.3 Å². The van der Waals surface area contributed by atoms with E-state index in [-0.39, 0.29) is 0 Å². The van der Waals surface area contributed by atoms with E-state index < -0.39 is 0 Å². The number of nitrogens with zero attached hydrogens (tertiary/aromatic N) is 5. The number of rotatable bonds is 2. The molecule has 0 aliphatic rings. The quantitative estimate of drug-likeness (QED) is 0.570. The van der Waals surface area contributed by atoms with Gasteiger partial charge in [-0.15, -0.1) is 22.8 Å². The summed E-state index contributed by atoms with van der Waals surface area (Å²) in [5, 5.41) is 18.3. The van der Waals surface area contributed by atoms with Crippen molar-refractivity contribution in [3.8, 4) is 28.6 Å². The Morgan fingerprint density at radius 2 is 1.96 bits per heavy atom. The predicted molar refractivity (Wildman–Crippen MR) is 91.4 cm³/mol. The molecule has 0 saturated carbocycles. The molecule has 0 radical (unpaired) electrons. The van der Waals surface area contributed by atoms with Crippen LogP contribution >= 0.6 is 24.2 Å². The van der Waals surface area contributed by atoms with Crippen LogP contribution in [0.1, 0.15) is 11.3 Å². The van der Waals surface area contributed by atoms with Crippen molar-refractivity contribution in [2.24, 2.45) is 7.05 Å². The van der Waals surface area contributed by atoms with Crippen LogP contribution in [0.5, 0.6) is 0 Å². The number of nitriles is 1. The molecule has 0 fully saturated rings.